The Morgan fingerprint density at radius 1 is 0.815 bits per heavy atom. The molecule has 1 aliphatic rings. The highest BCUT2D eigenvalue weighted by atomic mass is 16.2. The first-order valence-electron chi connectivity index (χ1n) is 9.33. The van der Waals surface area contributed by atoms with Crippen LogP contribution < -0.4 is 4.90 Å². The lowest BCUT2D eigenvalue weighted by Crippen LogP contribution is -2.49. The van der Waals surface area contributed by atoms with Crippen LogP contribution in [-0.2, 0) is 0 Å². The molecule has 0 spiro atoms. The number of rotatable bonds is 3. The molecule has 1 fully saturated rings. The summed E-state index contributed by atoms with van der Waals surface area (Å²) in [6, 6.07) is 22.2. The summed E-state index contributed by atoms with van der Waals surface area (Å²) >= 11 is 0. The van der Waals surface area contributed by atoms with Crippen molar-refractivity contribution in [2.45, 2.75) is 6.92 Å². The number of carbonyl (C=O) groups is 1. The summed E-state index contributed by atoms with van der Waals surface area (Å²) in [5.74, 6) is 1.09. The Hall–Kier alpha value is -3.14. The van der Waals surface area contributed by atoms with Crippen LogP contribution >= 0.6 is 0 Å². The Morgan fingerprint density at radius 2 is 1.48 bits per heavy atom. The molecule has 0 aliphatic carbocycles. The third kappa shape index (κ3) is 3.85. The molecule has 4 rings (SSSR count). The second-order valence-electron chi connectivity index (χ2n) is 6.92. The molecule has 1 aliphatic heterocycles. The average molecular weight is 357 g/mol. The van der Waals surface area contributed by atoms with Gasteiger partial charge in [0.15, 0.2) is 0 Å². The predicted octanol–water partition coefficient (Wildman–Crippen LogP) is 4.02. The van der Waals surface area contributed by atoms with Gasteiger partial charge >= 0.3 is 0 Å². The van der Waals surface area contributed by atoms with Crippen LogP contribution in [0.25, 0.3) is 11.1 Å². The number of anilines is 1. The van der Waals surface area contributed by atoms with E-state index in [2.05, 4.69) is 34.1 Å². The third-order valence-electron chi connectivity index (χ3n) is 5.03. The Bertz CT molecular complexity index is 897. The van der Waals surface area contributed by atoms with E-state index in [9.17, 15) is 4.79 Å². The van der Waals surface area contributed by atoms with Gasteiger partial charge in [-0.3, -0.25) is 4.79 Å². The van der Waals surface area contributed by atoms with Gasteiger partial charge in [-0.05, 0) is 41.8 Å². The van der Waals surface area contributed by atoms with Crippen LogP contribution in [0.5, 0.6) is 0 Å². The van der Waals surface area contributed by atoms with E-state index in [1.54, 1.807) is 0 Å². The van der Waals surface area contributed by atoms with Gasteiger partial charge in [0.25, 0.3) is 5.91 Å². The molecule has 0 N–H and O–H groups in total. The van der Waals surface area contributed by atoms with Crippen LogP contribution in [0.2, 0.25) is 0 Å². The number of amides is 1. The summed E-state index contributed by atoms with van der Waals surface area (Å²) in [5.41, 5.74) is 4.20. The fraction of sp³-hybridized carbons (Fsp3) is 0.217. The first-order valence-corrected chi connectivity index (χ1v) is 9.33. The predicted molar refractivity (Wildman–Crippen MR) is 109 cm³/mol. The maximum Gasteiger partial charge on any atom is 0.253 e. The van der Waals surface area contributed by atoms with Crippen molar-refractivity contribution in [3.05, 3.63) is 84.1 Å². The quantitative estimate of drug-likeness (QED) is 0.710. The molecule has 136 valence electrons. The Morgan fingerprint density at radius 3 is 2.11 bits per heavy atom. The number of aryl methyl sites for hydroxylation is 1. The molecule has 27 heavy (non-hydrogen) atoms. The minimum atomic E-state index is 0.103. The van der Waals surface area contributed by atoms with Crippen molar-refractivity contribution in [3.63, 3.8) is 0 Å². The Kier molecular flexibility index (Phi) is 4.88. The largest absolute Gasteiger partial charge is 0.353 e. The fourth-order valence-electron chi connectivity index (χ4n) is 3.40. The highest BCUT2D eigenvalue weighted by Crippen LogP contribution is 2.20. The molecule has 0 atom stereocenters. The van der Waals surface area contributed by atoms with E-state index >= 15 is 0 Å². The molecule has 0 bridgehead atoms. The summed E-state index contributed by atoms with van der Waals surface area (Å²) in [4.78, 5) is 21.5. The standard InChI is InChI=1S/C23H23N3O/c1-18-7-12-22(24-17-18)25-13-15-26(16-14-25)23(27)21-10-8-20(9-11-21)19-5-3-2-4-6-19/h2-12,17H,13-16H2,1H3. The van der Waals surface area contributed by atoms with Gasteiger partial charge in [-0.25, -0.2) is 4.98 Å². The zero-order chi connectivity index (χ0) is 18.6. The van der Waals surface area contributed by atoms with Crippen molar-refractivity contribution in [1.29, 1.82) is 0 Å². The van der Waals surface area contributed by atoms with Gasteiger partial charge in [-0.1, -0.05) is 48.5 Å². The normalized spacial score (nSPS) is 14.3. The first kappa shape index (κ1) is 17.3. The zero-order valence-electron chi connectivity index (χ0n) is 15.5. The van der Waals surface area contributed by atoms with Crippen LogP contribution in [0, 0.1) is 6.92 Å². The highest BCUT2D eigenvalue weighted by Gasteiger charge is 2.22. The van der Waals surface area contributed by atoms with Crippen LogP contribution in [-0.4, -0.2) is 42.0 Å². The average Bonchev–Trinajstić information content (AvgIpc) is 2.75. The van der Waals surface area contributed by atoms with Gasteiger partial charge in [0.05, 0.1) is 0 Å². The van der Waals surface area contributed by atoms with E-state index in [4.69, 9.17) is 0 Å². The number of piperazine rings is 1. The molecule has 1 aromatic heterocycles. The second kappa shape index (κ2) is 7.62. The lowest BCUT2D eigenvalue weighted by molar-refractivity contribution is 0.0746. The van der Waals surface area contributed by atoms with Gasteiger partial charge in [0, 0.05) is 37.9 Å². The van der Waals surface area contributed by atoms with Crippen molar-refractivity contribution in [2.24, 2.45) is 0 Å². The molecule has 1 saturated heterocycles. The van der Waals surface area contributed by atoms with E-state index in [1.165, 1.54) is 0 Å². The minimum Gasteiger partial charge on any atom is -0.353 e. The minimum absolute atomic E-state index is 0.103. The SMILES string of the molecule is Cc1ccc(N2CCN(C(=O)c3ccc(-c4ccccc4)cc3)CC2)nc1. The van der Waals surface area contributed by atoms with Crippen molar-refractivity contribution in [1.82, 2.24) is 9.88 Å². The highest BCUT2D eigenvalue weighted by molar-refractivity contribution is 5.94. The monoisotopic (exact) mass is 357 g/mol. The molecule has 2 aromatic carbocycles. The van der Waals surface area contributed by atoms with E-state index in [-0.39, 0.29) is 5.91 Å². The topological polar surface area (TPSA) is 36.4 Å². The second-order valence-corrected chi connectivity index (χ2v) is 6.92. The molecule has 1 amide bonds. The number of pyridine rings is 1. The molecule has 3 aromatic rings. The van der Waals surface area contributed by atoms with Crippen LogP contribution in [0.3, 0.4) is 0 Å². The lowest BCUT2D eigenvalue weighted by Gasteiger charge is -2.35. The molecular weight excluding hydrogens is 334 g/mol. The van der Waals surface area contributed by atoms with Crippen LogP contribution in [0.4, 0.5) is 5.82 Å². The van der Waals surface area contributed by atoms with Gasteiger partial charge < -0.3 is 9.80 Å². The molecule has 0 saturated carbocycles. The van der Waals surface area contributed by atoms with Crippen molar-refractivity contribution >= 4 is 11.7 Å². The molecule has 0 radical (unpaired) electrons. The number of aromatic nitrogens is 1. The van der Waals surface area contributed by atoms with Crippen LogP contribution in [0.15, 0.2) is 72.9 Å². The van der Waals surface area contributed by atoms with E-state index < -0.39 is 0 Å². The Balaban J connectivity index is 1.40. The summed E-state index contributed by atoms with van der Waals surface area (Å²) in [7, 11) is 0. The van der Waals surface area contributed by atoms with Gasteiger partial charge in [0.1, 0.15) is 5.82 Å². The lowest BCUT2D eigenvalue weighted by atomic mass is 10.0. The van der Waals surface area contributed by atoms with Crippen molar-refractivity contribution < 1.29 is 4.79 Å². The number of nitrogens with zero attached hydrogens (tertiary/aromatic N) is 3. The van der Waals surface area contributed by atoms with Gasteiger partial charge in [-0.15, -0.1) is 0 Å². The Labute approximate surface area is 160 Å². The molecular formula is C23H23N3O. The number of carbonyl (C=O) groups excluding carboxylic acids is 1. The number of hydrogen-bond acceptors (Lipinski definition) is 3. The molecule has 4 nitrogen and oxygen atoms in total. The van der Waals surface area contributed by atoms with E-state index in [1.807, 2.05) is 60.5 Å². The maximum atomic E-state index is 12.8. The maximum absolute atomic E-state index is 12.8. The zero-order valence-corrected chi connectivity index (χ0v) is 15.5. The first-order chi connectivity index (χ1) is 13.2. The smallest absolute Gasteiger partial charge is 0.253 e. The number of benzene rings is 2. The van der Waals surface area contributed by atoms with Gasteiger partial charge in [-0.2, -0.15) is 0 Å². The summed E-state index contributed by atoms with van der Waals surface area (Å²) in [6.45, 7) is 5.09. The third-order valence-corrected chi connectivity index (χ3v) is 5.03. The summed E-state index contributed by atoms with van der Waals surface area (Å²) in [5, 5.41) is 0. The van der Waals surface area contributed by atoms with Gasteiger partial charge in [0.2, 0.25) is 0 Å². The molecule has 0 unspecified atom stereocenters. The molecule has 4 heteroatoms. The molecule has 2 heterocycles. The van der Waals surface area contributed by atoms with Crippen molar-refractivity contribution in [3.8, 4) is 11.1 Å². The summed E-state index contributed by atoms with van der Waals surface area (Å²) < 4.78 is 0. The van der Waals surface area contributed by atoms with E-state index in [0.717, 1.165) is 54.3 Å². The van der Waals surface area contributed by atoms with Crippen molar-refractivity contribution in [2.75, 3.05) is 31.1 Å². The fourth-order valence-corrected chi connectivity index (χ4v) is 3.40. The van der Waals surface area contributed by atoms with Crippen LogP contribution in [0.1, 0.15) is 15.9 Å². The number of hydrogen-bond donors (Lipinski definition) is 0. The summed E-state index contributed by atoms with van der Waals surface area (Å²) in [6.07, 6.45) is 1.89. The van der Waals surface area contributed by atoms with E-state index in [0.29, 0.717) is 0 Å².